The molecule has 0 aliphatic carbocycles. The molecule has 1 saturated heterocycles. The van der Waals surface area contributed by atoms with E-state index in [0.29, 0.717) is 25.2 Å². The van der Waals surface area contributed by atoms with E-state index < -0.39 is 20.7 Å². The zero-order valence-electron chi connectivity index (χ0n) is 14.6. The Morgan fingerprint density at radius 1 is 1.32 bits per heavy atom. The number of rotatable bonds is 6. The molecule has 0 spiro atoms. The molecule has 1 unspecified atom stereocenters. The molecule has 0 radical (unpaired) electrons. The van der Waals surface area contributed by atoms with Gasteiger partial charge in [0.2, 0.25) is 0 Å². The van der Waals surface area contributed by atoms with Gasteiger partial charge in [-0.2, -0.15) is 0 Å². The van der Waals surface area contributed by atoms with Crippen molar-refractivity contribution in [3.05, 3.63) is 33.9 Å². The molecular weight excluding hydrogens is 346 g/mol. The second-order valence-corrected chi connectivity index (χ2v) is 8.33. The van der Waals surface area contributed by atoms with Crippen molar-refractivity contribution in [1.29, 1.82) is 0 Å². The molecule has 1 heterocycles. The number of sulfone groups is 1. The minimum absolute atomic E-state index is 0.0607. The standard InChI is InChI=1S/C16H23N3O5S/c1-4-18(5-2)14-7-6-12(10-15(14)19(21)22)16(20)17(3)13-8-9-25(23,24)11-13/h6-7,10,13H,4-5,8-9,11H2,1-3H3. The van der Waals surface area contributed by atoms with Gasteiger partial charge in [-0.25, -0.2) is 8.42 Å². The molecule has 1 atom stereocenters. The summed E-state index contributed by atoms with van der Waals surface area (Å²) >= 11 is 0. The summed E-state index contributed by atoms with van der Waals surface area (Å²) < 4.78 is 23.2. The minimum Gasteiger partial charge on any atom is -0.367 e. The lowest BCUT2D eigenvalue weighted by molar-refractivity contribution is -0.384. The number of carbonyl (C=O) groups excluding carboxylic acids is 1. The Morgan fingerprint density at radius 2 is 1.96 bits per heavy atom. The molecule has 8 nitrogen and oxygen atoms in total. The van der Waals surface area contributed by atoms with Gasteiger partial charge in [0.25, 0.3) is 11.6 Å². The largest absolute Gasteiger partial charge is 0.367 e. The fourth-order valence-corrected chi connectivity index (χ4v) is 4.86. The fourth-order valence-electron chi connectivity index (χ4n) is 3.08. The van der Waals surface area contributed by atoms with E-state index in [2.05, 4.69) is 0 Å². The molecule has 0 bridgehead atoms. The Morgan fingerprint density at radius 3 is 2.44 bits per heavy atom. The van der Waals surface area contributed by atoms with Gasteiger partial charge in [0.1, 0.15) is 5.69 Å². The third-order valence-electron chi connectivity index (χ3n) is 4.60. The van der Waals surface area contributed by atoms with Crippen LogP contribution in [0.1, 0.15) is 30.6 Å². The first-order valence-electron chi connectivity index (χ1n) is 8.21. The fraction of sp³-hybridized carbons (Fsp3) is 0.562. The molecule has 2 rings (SSSR count). The van der Waals surface area contributed by atoms with E-state index in [4.69, 9.17) is 0 Å². The van der Waals surface area contributed by atoms with Crippen LogP contribution in [-0.4, -0.2) is 61.8 Å². The number of hydrogen-bond acceptors (Lipinski definition) is 6. The van der Waals surface area contributed by atoms with Gasteiger partial charge in [0, 0.05) is 37.8 Å². The van der Waals surface area contributed by atoms with Crippen LogP contribution in [0.25, 0.3) is 0 Å². The van der Waals surface area contributed by atoms with Crippen LogP contribution in [0.3, 0.4) is 0 Å². The van der Waals surface area contributed by atoms with E-state index in [0.717, 1.165) is 0 Å². The topological polar surface area (TPSA) is 101 Å². The summed E-state index contributed by atoms with van der Waals surface area (Å²) in [6, 6.07) is 4.02. The van der Waals surface area contributed by atoms with E-state index in [1.807, 2.05) is 18.7 Å². The Bertz CT molecular complexity index is 774. The van der Waals surface area contributed by atoms with Crippen LogP contribution in [0.2, 0.25) is 0 Å². The molecule has 0 saturated carbocycles. The number of anilines is 1. The highest BCUT2D eigenvalue weighted by molar-refractivity contribution is 7.91. The van der Waals surface area contributed by atoms with Crippen molar-refractivity contribution in [2.75, 3.05) is 36.5 Å². The third-order valence-corrected chi connectivity index (χ3v) is 6.35. The molecule has 9 heteroatoms. The van der Waals surface area contributed by atoms with E-state index in [1.165, 1.54) is 18.0 Å². The highest BCUT2D eigenvalue weighted by Gasteiger charge is 2.33. The SMILES string of the molecule is CCN(CC)c1ccc(C(=O)N(C)C2CCS(=O)(=O)C2)cc1[N+](=O)[O-]. The molecule has 1 amide bonds. The van der Waals surface area contributed by atoms with Gasteiger partial charge in [-0.05, 0) is 32.4 Å². The number of nitro benzene ring substituents is 1. The van der Waals surface area contributed by atoms with Gasteiger partial charge < -0.3 is 9.80 Å². The Labute approximate surface area is 147 Å². The van der Waals surface area contributed by atoms with Gasteiger partial charge in [0.15, 0.2) is 9.84 Å². The second-order valence-electron chi connectivity index (χ2n) is 6.11. The summed E-state index contributed by atoms with van der Waals surface area (Å²) in [5.74, 6) is -0.401. The molecule has 0 aromatic heterocycles. The lowest BCUT2D eigenvalue weighted by atomic mass is 10.1. The van der Waals surface area contributed by atoms with Crippen molar-refractivity contribution >= 4 is 27.1 Å². The van der Waals surface area contributed by atoms with E-state index >= 15 is 0 Å². The molecule has 1 aromatic carbocycles. The van der Waals surface area contributed by atoms with Gasteiger partial charge in [0.05, 0.1) is 16.4 Å². The Balaban J connectivity index is 2.31. The molecule has 0 N–H and O–H groups in total. The van der Waals surface area contributed by atoms with Crippen molar-refractivity contribution in [2.24, 2.45) is 0 Å². The quantitative estimate of drug-likeness (QED) is 0.559. The minimum atomic E-state index is -3.11. The number of nitro groups is 1. The predicted molar refractivity (Wildman–Crippen MR) is 95.8 cm³/mol. The molecule has 1 aromatic rings. The molecular formula is C16H23N3O5S. The van der Waals surface area contributed by atoms with E-state index in [-0.39, 0.29) is 28.8 Å². The van der Waals surface area contributed by atoms with Crippen LogP contribution in [0.4, 0.5) is 11.4 Å². The monoisotopic (exact) mass is 369 g/mol. The third kappa shape index (κ3) is 4.09. The van der Waals surface area contributed by atoms with Crippen LogP contribution < -0.4 is 4.90 Å². The zero-order chi connectivity index (χ0) is 18.8. The van der Waals surface area contributed by atoms with Crippen LogP contribution in [0, 0.1) is 10.1 Å². The summed E-state index contributed by atoms with van der Waals surface area (Å²) in [6.07, 6.45) is 0.393. The summed E-state index contributed by atoms with van der Waals surface area (Å²) in [7, 11) is -1.57. The number of amides is 1. The average Bonchev–Trinajstić information content (AvgIpc) is 2.94. The predicted octanol–water partition coefficient (Wildman–Crippen LogP) is 1.70. The molecule has 138 valence electrons. The average molecular weight is 369 g/mol. The van der Waals surface area contributed by atoms with Crippen molar-refractivity contribution in [2.45, 2.75) is 26.3 Å². The first kappa shape index (κ1) is 19.2. The number of benzene rings is 1. The maximum Gasteiger partial charge on any atom is 0.293 e. The van der Waals surface area contributed by atoms with Crippen molar-refractivity contribution < 1.29 is 18.1 Å². The second kappa shape index (κ2) is 7.38. The number of nitrogens with zero attached hydrogens (tertiary/aromatic N) is 3. The molecule has 25 heavy (non-hydrogen) atoms. The van der Waals surface area contributed by atoms with Crippen LogP contribution in [0.5, 0.6) is 0 Å². The Kier molecular flexibility index (Phi) is 5.66. The van der Waals surface area contributed by atoms with Gasteiger partial charge >= 0.3 is 0 Å². The van der Waals surface area contributed by atoms with Gasteiger partial charge in [-0.3, -0.25) is 14.9 Å². The lowest BCUT2D eigenvalue weighted by Gasteiger charge is -2.24. The Hall–Kier alpha value is -2.16. The highest BCUT2D eigenvalue weighted by Crippen LogP contribution is 2.30. The summed E-state index contributed by atoms with van der Waals surface area (Å²) in [6.45, 7) is 5.04. The first-order valence-corrected chi connectivity index (χ1v) is 10.0. The smallest absolute Gasteiger partial charge is 0.293 e. The number of hydrogen-bond donors (Lipinski definition) is 0. The van der Waals surface area contributed by atoms with Crippen molar-refractivity contribution in [1.82, 2.24) is 4.90 Å². The van der Waals surface area contributed by atoms with E-state index in [9.17, 15) is 23.3 Å². The first-order chi connectivity index (χ1) is 11.7. The highest BCUT2D eigenvalue weighted by atomic mass is 32.2. The van der Waals surface area contributed by atoms with Crippen molar-refractivity contribution in [3.63, 3.8) is 0 Å². The van der Waals surface area contributed by atoms with E-state index in [1.54, 1.807) is 12.1 Å². The van der Waals surface area contributed by atoms with Crippen LogP contribution in [0.15, 0.2) is 18.2 Å². The maximum atomic E-state index is 12.6. The molecule has 1 aliphatic heterocycles. The maximum absolute atomic E-state index is 12.6. The van der Waals surface area contributed by atoms with Gasteiger partial charge in [-0.15, -0.1) is 0 Å². The van der Waals surface area contributed by atoms with Crippen LogP contribution >= 0.6 is 0 Å². The summed E-state index contributed by atoms with van der Waals surface area (Å²) in [5, 5.41) is 11.4. The summed E-state index contributed by atoms with van der Waals surface area (Å²) in [5.41, 5.74) is 0.536. The van der Waals surface area contributed by atoms with Gasteiger partial charge in [-0.1, -0.05) is 0 Å². The molecule has 1 fully saturated rings. The zero-order valence-corrected chi connectivity index (χ0v) is 15.5. The van der Waals surface area contributed by atoms with Crippen molar-refractivity contribution in [3.8, 4) is 0 Å². The normalized spacial score (nSPS) is 18.8. The number of carbonyl (C=O) groups is 1. The molecule has 1 aliphatic rings. The van der Waals surface area contributed by atoms with Crippen LogP contribution in [-0.2, 0) is 9.84 Å². The summed E-state index contributed by atoms with van der Waals surface area (Å²) in [4.78, 5) is 26.8. The lowest BCUT2D eigenvalue weighted by Crippen LogP contribution is -2.37.